The van der Waals surface area contributed by atoms with Crippen LogP contribution in [0.2, 0.25) is 10.0 Å². The van der Waals surface area contributed by atoms with Gasteiger partial charge < -0.3 is 10.0 Å². The Hall–Kier alpha value is -2.13. The maximum atomic E-state index is 14.3. The van der Waals surface area contributed by atoms with Gasteiger partial charge in [-0.05, 0) is 74.4 Å². The minimum atomic E-state index is -3.56. The quantitative estimate of drug-likeness (QED) is 0.415. The van der Waals surface area contributed by atoms with Gasteiger partial charge in [-0.3, -0.25) is 9.59 Å². The summed E-state index contributed by atoms with van der Waals surface area (Å²) in [7, 11) is -3.56. The number of likely N-dealkylation sites (tertiary alicyclic amines) is 1. The molecule has 2 aromatic carbocycles. The van der Waals surface area contributed by atoms with E-state index in [1.807, 2.05) is 37.3 Å². The maximum Gasteiger partial charge on any atom is 0.307 e. The number of hydrogen-bond donors (Lipinski definition) is 2. The molecule has 2 aromatic rings. The Kier molecular flexibility index (Phi) is 7.08. The highest BCUT2D eigenvalue weighted by Gasteiger charge is 2.69. The van der Waals surface area contributed by atoms with E-state index in [1.54, 1.807) is 30.0 Å². The van der Waals surface area contributed by atoms with E-state index >= 15 is 0 Å². The van der Waals surface area contributed by atoms with E-state index in [2.05, 4.69) is 4.72 Å². The molecule has 4 unspecified atom stereocenters. The number of carbonyl (C=O) groups excluding carboxylic acids is 1. The second-order valence-electron chi connectivity index (χ2n) is 11.2. The highest BCUT2D eigenvalue weighted by Crippen LogP contribution is 2.65. The Labute approximate surface area is 233 Å². The lowest BCUT2D eigenvalue weighted by Crippen LogP contribution is -2.56. The first-order valence-electron chi connectivity index (χ1n) is 13.0. The van der Waals surface area contributed by atoms with E-state index in [4.69, 9.17) is 23.2 Å². The standard InChI is InChI=1S/C28H32Cl2N2O5S/c1-3-21(16-31-38(36,37)27(2)11-12-27)32-24(17-7-9-19(29)10-8-17)22(18-5-4-6-20(30)13-18)14-28(26(32)35)15-23(28)25(33)34/h4-10,13,21-24,31H,3,11-12,14-16H2,1-2H3,(H,33,34)/t21-,22?,23?,24?,28?/m0/s1. The van der Waals surface area contributed by atoms with Gasteiger partial charge >= 0.3 is 5.97 Å². The van der Waals surface area contributed by atoms with Crippen molar-refractivity contribution in [3.8, 4) is 0 Å². The van der Waals surface area contributed by atoms with Crippen LogP contribution < -0.4 is 4.72 Å². The molecule has 2 aliphatic carbocycles. The number of hydrogen-bond acceptors (Lipinski definition) is 4. The van der Waals surface area contributed by atoms with Crippen molar-refractivity contribution in [2.24, 2.45) is 11.3 Å². The van der Waals surface area contributed by atoms with Gasteiger partial charge in [0.05, 0.1) is 22.1 Å². The summed E-state index contributed by atoms with van der Waals surface area (Å²) in [6, 6.07) is 13.8. The highest BCUT2D eigenvalue weighted by molar-refractivity contribution is 7.91. The fourth-order valence-corrected chi connectivity index (χ4v) is 7.73. The molecule has 3 fully saturated rings. The third-order valence-electron chi connectivity index (χ3n) is 8.76. The highest BCUT2D eigenvalue weighted by atomic mass is 35.5. The number of benzene rings is 2. The molecular weight excluding hydrogens is 547 g/mol. The summed E-state index contributed by atoms with van der Waals surface area (Å²) in [6.07, 6.45) is 2.34. The first-order valence-corrected chi connectivity index (χ1v) is 15.2. The van der Waals surface area contributed by atoms with Crippen molar-refractivity contribution in [2.75, 3.05) is 6.54 Å². The van der Waals surface area contributed by atoms with Gasteiger partial charge in [-0.2, -0.15) is 0 Å². The molecule has 3 aliphatic rings. The summed E-state index contributed by atoms with van der Waals surface area (Å²) in [5.41, 5.74) is 0.730. The zero-order valence-corrected chi connectivity index (χ0v) is 23.7. The van der Waals surface area contributed by atoms with Gasteiger partial charge in [0.15, 0.2) is 0 Å². The SMILES string of the molecule is CC[C@@H](CNS(=O)(=O)C1(C)CC1)N1C(=O)C2(CC(c3cccc(Cl)c3)C1c1ccc(Cl)cc1)CC2C(=O)O. The topological polar surface area (TPSA) is 104 Å². The average molecular weight is 580 g/mol. The predicted octanol–water partition coefficient (Wildman–Crippen LogP) is 5.39. The van der Waals surface area contributed by atoms with Crippen molar-refractivity contribution in [1.29, 1.82) is 0 Å². The van der Waals surface area contributed by atoms with Gasteiger partial charge in [-0.1, -0.05) is 54.4 Å². The van der Waals surface area contributed by atoms with Crippen LogP contribution in [0.3, 0.4) is 0 Å². The second kappa shape index (κ2) is 9.81. The van der Waals surface area contributed by atoms with Gasteiger partial charge in [0.2, 0.25) is 15.9 Å². The van der Waals surface area contributed by atoms with Crippen LogP contribution >= 0.6 is 23.2 Å². The molecular formula is C28H32Cl2N2O5S. The Morgan fingerprint density at radius 1 is 1.11 bits per heavy atom. The minimum absolute atomic E-state index is 0.0559. The second-order valence-corrected chi connectivity index (χ2v) is 14.3. The van der Waals surface area contributed by atoms with Crippen LogP contribution in [-0.2, 0) is 19.6 Å². The number of rotatable bonds is 9. The molecule has 10 heteroatoms. The molecule has 0 radical (unpaired) electrons. The molecule has 1 spiro atoms. The summed E-state index contributed by atoms with van der Waals surface area (Å²) in [5, 5.41) is 11.0. The smallest absolute Gasteiger partial charge is 0.307 e. The Balaban J connectivity index is 1.60. The number of aliphatic carboxylic acids is 1. The van der Waals surface area contributed by atoms with Crippen LogP contribution in [0.25, 0.3) is 0 Å². The molecule has 1 aliphatic heterocycles. The first-order chi connectivity index (χ1) is 17.9. The number of nitrogens with one attached hydrogen (secondary N) is 1. The largest absolute Gasteiger partial charge is 0.481 e. The van der Waals surface area contributed by atoms with E-state index in [0.29, 0.717) is 35.7 Å². The number of nitrogens with zero attached hydrogens (tertiary/aromatic N) is 1. The van der Waals surface area contributed by atoms with Crippen molar-refractivity contribution < 1.29 is 23.1 Å². The number of piperidine rings is 1. The number of carboxylic acids is 1. The number of carbonyl (C=O) groups is 2. The third-order valence-corrected chi connectivity index (χ3v) is 11.5. The molecule has 204 valence electrons. The average Bonchev–Trinajstić information content (AvgIpc) is 3.79. The normalized spacial score (nSPS) is 28.8. The zero-order valence-electron chi connectivity index (χ0n) is 21.4. The molecule has 2 saturated carbocycles. The van der Waals surface area contributed by atoms with Crippen LogP contribution in [0.5, 0.6) is 0 Å². The summed E-state index contributed by atoms with van der Waals surface area (Å²) < 4.78 is 27.9. The van der Waals surface area contributed by atoms with Crippen molar-refractivity contribution in [1.82, 2.24) is 9.62 Å². The van der Waals surface area contributed by atoms with Crippen molar-refractivity contribution >= 4 is 45.1 Å². The molecule has 7 nitrogen and oxygen atoms in total. The molecule has 1 heterocycles. The van der Waals surface area contributed by atoms with Crippen molar-refractivity contribution in [3.05, 3.63) is 69.7 Å². The van der Waals surface area contributed by atoms with Gasteiger partial charge in [0.25, 0.3) is 0 Å². The van der Waals surface area contributed by atoms with Crippen LogP contribution in [0.1, 0.15) is 69.0 Å². The van der Waals surface area contributed by atoms with Crippen LogP contribution in [0.15, 0.2) is 48.5 Å². The molecule has 38 heavy (non-hydrogen) atoms. The summed E-state index contributed by atoms with van der Waals surface area (Å²) in [6.45, 7) is 3.70. The van der Waals surface area contributed by atoms with Gasteiger partial charge in [-0.25, -0.2) is 13.1 Å². The lowest BCUT2D eigenvalue weighted by atomic mass is 9.72. The molecule has 5 atom stereocenters. The van der Waals surface area contributed by atoms with E-state index in [0.717, 1.165) is 11.1 Å². The molecule has 0 aromatic heterocycles. The molecule has 0 bridgehead atoms. The van der Waals surface area contributed by atoms with Gasteiger partial charge in [0.1, 0.15) is 0 Å². The lowest BCUT2D eigenvalue weighted by molar-refractivity contribution is -0.153. The summed E-state index contributed by atoms with van der Waals surface area (Å²) in [4.78, 5) is 28.1. The molecule has 1 saturated heterocycles. The Morgan fingerprint density at radius 3 is 2.34 bits per heavy atom. The summed E-state index contributed by atoms with van der Waals surface area (Å²) in [5.74, 6) is -2.23. The molecule has 1 amide bonds. The van der Waals surface area contributed by atoms with E-state index in [1.165, 1.54) is 0 Å². The Morgan fingerprint density at radius 2 is 1.79 bits per heavy atom. The molecule has 5 rings (SSSR count). The fourth-order valence-electron chi connectivity index (χ4n) is 6.01. The third kappa shape index (κ3) is 4.74. The van der Waals surface area contributed by atoms with Crippen molar-refractivity contribution in [2.45, 2.75) is 68.7 Å². The first kappa shape index (κ1) is 27.4. The van der Waals surface area contributed by atoms with Crippen LogP contribution in [-0.4, -0.2) is 47.6 Å². The summed E-state index contributed by atoms with van der Waals surface area (Å²) >= 11 is 12.6. The zero-order chi connectivity index (χ0) is 27.5. The van der Waals surface area contributed by atoms with Crippen LogP contribution in [0.4, 0.5) is 0 Å². The van der Waals surface area contributed by atoms with E-state index in [9.17, 15) is 23.1 Å². The minimum Gasteiger partial charge on any atom is -0.481 e. The monoisotopic (exact) mass is 578 g/mol. The number of carboxylic acid groups (broad SMARTS) is 1. The number of amides is 1. The number of halogens is 2. The maximum absolute atomic E-state index is 14.3. The van der Waals surface area contributed by atoms with Crippen molar-refractivity contribution in [3.63, 3.8) is 0 Å². The fraction of sp³-hybridized carbons (Fsp3) is 0.500. The number of sulfonamides is 1. The Bertz CT molecular complexity index is 1360. The van der Waals surface area contributed by atoms with E-state index in [-0.39, 0.29) is 24.8 Å². The predicted molar refractivity (Wildman–Crippen MR) is 147 cm³/mol. The van der Waals surface area contributed by atoms with Gasteiger partial charge in [-0.15, -0.1) is 0 Å². The molecule has 2 N–H and O–H groups in total. The van der Waals surface area contributed by atoms with Crippen LogP contribution in [0, 0.1) is 11.3 Å². The lowest BCUT2D eigenvalue weighted by Gasteiger charge is -2.49. The van der Waals surface area contributed by atoms with E-state index < -0.39 is 44.2 Å². The van der Waals surface area contributed by atoms with Gasteiger partial charge in [0, 0.05) is 28.5 Å².